The van der Waals surface area contributed by atoms with Crippen LogP contribution >= 0.6 is 15.9 Å². The molecule has 1 amide bonds. The Balaban J connectivity index is 1.78. The number of furan rings is 2. The lowest BCUT2D eigenvalue weighted by atomic mass is 10.1. The SMILES string of the molecule is Cc1ccc(S(=O)(=O)NCc2ccco2)cc1C(=O)N(C)Cc1ccc(Br)o1. The lowest BCUT2D eigenvalue weighted by Gasteiger charge is -2.18. The Hall–Kier alpha value is -2.36. The third-order valence-electron chi connectivity index (χ3n) is 4.13. The molecule has 9 heteroatoms. The summed E-state index contributed by atoms with van der Waals surface area (Å²) in [5, 5.41) is 0. The summed E-state index contributed by atoms with van der Waals surface area (Å²) in [7, 11) is -2.16. The standard InChI is InChI=1S/C19H19BrN2O5S/c1-13-5-7-16(28(24,25)21-11-14-4-3-9-26-14)10-17(13)19(23)22(2)12-15-6-8-18(20)27-15/h3-10,21H,11-12H2,1-2H3. The van der Waals surface area contributed by atoms with Crippen LogP contribution in [0, 0.1) is 6.92 Å². The second-order valence-corrected chi connectivity index (χ2v) is 8.80. The monoisotopic (exact) mass is 466 g/mol. The molecule has 3 rings (SSSR count). The van der Waals surface area contributed by atoms with E-state index in [1.54, 1.807) is 44.3 Å². The van der Waals surface area contributed by atoms with Crippen molar-refractivity contribution in [3.8, 4) is 0 Å². The fourth-order valence-corrected chi connectivity index (χ4v) is 3.97. The predicted molar refractivity (Wildman–Crippen MR) is 106 cm³/mol. The van der Waals surface area contributed by atoms with E-state index in [1.165, 1.54) is 23.3 Å². The van der Waals surface area contributed by atoms with Crippen LogP contribution < -0.4 is 4.72 Å². The molecule has 0 unspecified atom stereocenters. The Morgan fingerprint density at radius 3 is 2.61 bits per heavy atom. The van der Waals surface area contributed by atoms with Gasteiger partial charge in [-0.25, -0.2) is 13.1 Å². The summed E-state index contributed by atoms with van der Waals surface area (Å²) in [6.07, 6.45) is 1.47. The van der Waals surface area contributed by atoms with Crippen LogP contribution in [-0.2, 0) is 23.1 Å². The van der Waals surface area contributed by atoms with Gasteiger partial charge in [-0.15, -0.1) is 0 Å². The molecule has 7 nitrogen and oxygen atoms in total. The molecule has 1 N–H and O–H groups in total. The molecule has 0 fully saturated rings. The number of nitrogens with zero attached hydrogens (tertiary/aromatic N) is 1. The molecule has 0 aliphatic carbocycles. The normalized spacial score (nSPS) is 11.5. The van der Waals surface area contributed by atoms with Crippen LogP contribution in [0.25, 0.3) is 0 Å². The van der Waals surface area contributed by atoms with Crippen LogP contribution in [-0.4, -0.2) is 26.3 Å². The first kappa shape index (κ1) is 20.4. The highest BCUT2D eigenvalue weighted by Gasteiger charge is 2.21. The lowest BCUT2D eigenvalue weighted by molar-refractivity contribution is 0.0774. The summed E-state index contributed by atoms with van der Waals surface area (Å²) in [5.41, 5.74) is 0.997. The molecule has 0 atom stereocenters. The molecule has 1 aromatic carbocycles. The molecular formula is C19H19BrN2O5S. The van der Waals surface area contributed by atoms with Gasteiger partial charge in [-0.1, -0.05) is 6.07 Å². The molecule has 2 heterocycles. The molecule has 0 bridgehead atoms. The van der Waals surface area contributed by atoms with Crippen molar-refractivity contribution in [2.45, 2.75) is 24.9 Å². The Labute approximate surface area is 171 Å². The number of nitrogens with one attached hydrogen (secondary N) is 1. The van der Waals surface area contributed by atoms with Gasteiger partial charge in [0.05, 0.1) is 24.2 Å². The Morgan fingerprint density at radius 2 is 1.96 bits per heavy atom. The Kier molecular flexibility index (Phi) is 6.07. The average molecular weight is 467 g/mol. The molecule has 0 saturated heterocycles. The van der Waals surface area contributed by atoms with Gasteiger partial charge in [-0.05, 0) is 64.8 Å². The van der Waals surface area contributed by atoms with Crippen molar-refractivity contribution < 1.29 is 22.0 Å². The zero-order chi connectivity index (χ0) is 20.3. The number of carbonyl (C=O) groups excluding carboxylic acids is 1. The van der Waals surface area contributed by atoms with Crippen molar-refractivity contribution in [2.24, 2.45) is 0 Å². The van der Waals surface area contributed by atoms with Gasteiger partial charge < -0.3 is 13.7 Å². The number of hydrogen-bond donors (Lipinski definition) is 1. The molecule has 0 spiro atoms. The second kappa shape index (κ2) is 8.34. The quantitative estimate of drug-likeness (QED) is 0.572. The minimum atomic E-state index is -3.80. The van der Waals surface area contributed by atoms with Crippen LogP contribution in [0.3, 0.4) is 0 Å². The van der Waals surface area contributed by atoms with Crippen molar-refractivity contribution in [2.75, 3.05) is 7.05 Å². The first-order chi connectivity index (χ1) is 13.3. The maximum absolute atomic E-state index is 12.8. The molecule has 28 heavy (non-hydrogen) atoms. The Bertz CT molecular complexity index is 1070. The van der Waals surface area contributed by atoms with E-state index in [4.69, 9.17) is 8.83 Å². The highest BCUT2D eigenvalue weighted by atomic mass is 79.9. The minimum Gasteiger partial charge on any atom is -0.468 e. The summed E-state index contributed by atoms with van der Waals surface area (Å²) >= 11 is 3.23. The first-order valence-electron chi connectivity index (χ1n) is 8.38. The van der Waals surface area contributed by atoms with Crippen LogP contribution in [0.4, 0.5) is 0 Å². The second-order valence-electron chi connectivity index (χ2n) is 6.25. The van der Waals surface area contributed by atoms with Gasteiger partial charge in [0.25, 0.3) is 5.91 Å². The number of benzene rings is 1. The number of amides is 1. The average Bonchev–Trinajstić information content (AvgIpc) is 3.31. The smallest absolute Gasteiger partial charge is 0.254 e. The number of aryl methyl sites for hydroxylation is 1. The van der Waals surface area contributed by atoms with Crippen LogP contribution in [0.1, 0.15) is 27.4 Å². The van der Waals surface area contributed by atoms with E-state index in [0.29, 0.717) is 27.3 Å². The minimum absolute atomic E-state index is 0.0159. The number of hydrogen-bond acceptors (Lipinski definition) is 5. The number of rotatable bonds is 7. The predicted octanol–water partition coefficient (Wildman–Crippen LogP) is 3.69. The molecular weight excluding hydrogens is 448 g/mol. The highest BCUT2D eigenvalue weighted by molar-refractivity contribution is 9.10. The molecule has 3 aromatic rings. The summed E-state index contributed by atoms with van der Waals surface area (Å²) in [6.45, 7) is 2.05. The van der Waals surface area contributed by atoms with E-state index in [0.717, 1.165) is 0 Å². The van der Waals surface area contributed by atoms with E-state index in [-0.39, 0.29) is 23.9 Å². The van der Waals surface area contributed by atoms with Gasteiger partial charge >= 0.3 is 0 Å². The number of sulfonamides is 1. The van der Waals surface area contributed by atoms with Crippen molar-refractivity contribution in [1.29, 1.82) is 0 Å². The largest absolute Gasteiger partial charge is 0.468 e. The van der Waals surface area contributed by atoms with E-state index in [9.17, 15) is 13.2 Å². The number of halogens is 1. The zero-order valence-corrected chi connectivity index (χ0v) is 17.7. The van der Waals surface area contributed by atoms with Gasteiger partial charge in [0, 0.05) is 12.6 Å². The third-order valence-corrected chi connectivity index (χ3v) is 5.96. The molecule has 148 valence electrons. The summed E-state index contributed by atoms with van der Waals surface area (Å²) in [6, 6.07) is 11.3. The van der Waals surface area contributed by atoms with E-state index >= 15 is 0 Å². The highest BCUT2D eigenvalue weighted by Crippen LogP contribution is 2.20. The molecule has 0 saturated carbocycles. The van der Waals surface area contributed by atoms with Gasteiger partial charge in [-0.3, -0.25) is 4.79 Å². The van der Waals surface area contributed by atoms with E-state index in [1.807, 2.05) is 0 Å². The van der Waals surface area contributed by atoms with Crippen LogP contribution in [0.2, 0.25) is 0 Å². The van der Waals surface area contributed by atoms with E-state index in [2.05, 4.69) is 20.7 Å². The van der Waals surface area contributed by atoms with Gasteiger partial charge in [-0.2, -0.15) is 0 Å². The lowest BCUT2D eigenvalue weighted by Crippen LogP contribution is -2.28. The fraction of sp³-hybridized carbons (Fsp3) is 0.211. The Morgan fingerprint density at radius 1 is 1.18 bits per heavy atom. The van der Waals surface area contributed by atoms with Gasteiger partial charge in [0.15, 0.2) is 4.67 Å². The first-order valence-corrected chi connectivity index (χ1v) is 10.7. The van der Waals surface area contributed by atoms with Gasteiger partial charge in [0.2, 0.25) is 10.0 Å². The van der Waals surface area contributed by atoms with E-state index < -0.39 is 10.0 Å². The summed E-state index contributed by atoms with van der Waals surface area (Å²) < 4.78 is 38.8. The summed E-state index contributed by atoms with van der Waals surface area (Å²) in [5.74, 6) is 0.814. The molecule has 2 aromatic heterocycles. The van der Waals surface area contributed by atoms with Crippen molar-refractivity contribution in [3.63, 3.8) is 0 Å². The topological polar surface area (TPSA) is 92.8 Å². The number of carbonyl (C=O) groups is 1. The zero-order valence-electron chi connectivity index (χ0n) is 15.3. The molecule has 0 radical (unpaired) electrons. The third kappa shape index (κ3) is 4.73. The molecule has 0 aliphatic rings. The van der Waals surface area contributed by atoms with Gasteiger partial charge in [0.1, 0.15) is 11.5 Å². The molecule has 0 aliphatic heterocycles. The van der Waals surface area contributed by atoms with Crippen LogP contribution in [0.15, 0.2) is 67.1 Å². The van der Waals surface area contributed by atoms with Crippen LogP contribution in [0.5, 0.6) is 0 Å². The maximum Gasteiger partial charge on any atom is 0.254 e. The summed E-state index contributed by atoms with van der Waals surface area (Å²) in [4.78, 5) is 14.3. The fourth-order valence-electron chi connectivity index (χ4n) is 2.61. The maximum atomic E-state index is 12.8. The van der Waals surface area contributed by atoms with Crippen molar-refractivity contribution in [1.82, 2.24) is 9.62 Å². The van der Waals surface area contributed by atoms with Crippen molar-refractivity contribution >= 4 is 31.9 Å². The van der Waals surface area contributed by atoms with Crippen molar-refractivity contribution in [3.05, 3.63) is 76.0 Å².